The smallest absolute Gasteiger partial charge is 0.259 e. The lowest BCUT2D eigenvalue weighted by molar-refractivity contribution is 0.0730. The third-order valence-electron chi connectivity index (χ3n) is 6.37. The molecule has 5 rings (SSSR count). The van der Waals surface area contributed by atoms with Gasteiger partial charge in [-0.15, -0.1) is 0 Å². The van der Waals surface area contributed by atoms with Gasteiger partial charge in [0.05, 0.1) is 30.8 Å². The van der Waals surface area contributed by atoms with E-state index >= 15 is 0 Å². The number of fused-ring (bicyclic) bond motifs is 3. The zero-order valence-electron chi connectivity index (χ0n) is 19.7. The predicted molar refractivity (Wildman–Crippen MR) is 136 cm³/mol. The standard InChI is InChI=1S/C26H27N3O5S/c1-3-29-23-7-5-4-6-20(23)21-16-18(8-10-24(21)29)27-26(30)22-17-19(9-11-25(22)33-2)35(31,32)28-12-14-34-15-13-28/h4-11,16-17H,3,12-15H2,1-2H3,(H,27,30). The van der Waals surface area contributed by atoms with Crippen LogP contribution in [-0.2, 0) is 21.3 Å². The van der Waals surface area contributed by atoms with Crippen molar-refractivity contribution in [3.05, 3.63) is 66.2 Å². The molecule has 9 heteroatoms. The molecule has 3 aromatic carbocycles. The summed E-state index contributed by atoms with van der Waals surface area (Å²) in [6.07, 6.45) is 0. The van der Waals surface area contributed by atoms with E-state index in [1.807, 2.05) is 30.3 Å². The van der Waals surface area contributed by atoms with E-state index < -0.39 is 15.9 Å². The van der Waals surface area contributed by atoms with E-state index in [0.717, 1.165) is 28.4 Å². The van der Waals surface area contributed by atoms with Gasteiger partial charge in [-0.2, -0.15) is 4.31 Å². The second-order valence-electron chi connectivity index (χ2n) is 8.33. The highest BCUT2D eigenvalue weighted by Crippen LogP contribution is 2.32. The Bertz CT molecular complexity index is 1520. The normalized spacial score (nSPS) is 14.9. The number of methoxy groups -OCH3 is 1. The van der Waals surface area contributed by atoms with E-state index in [0.29, 0.717) is 24.7 Å². The summed E-state index contributed by atoms with van der Waals surface area (Å²) in [7, 11) is -2.30. The van der Waals surface area contributed by atoms with Gasteiger partial charge in [-0.05, 0) is 49.4 Å². The van der Waals surface area contributed by atoms with Gasteiger partial charge in [0, 0.05) is 47.1 Å². The van der Waals surface area contributed by atoms with Crippen LogP contribution < -0.4 is 10.1 Å². The van der Waals surface area contributed by atoms with Crippen LogP contribution in [0.1, 0.15) is 17.3 Å². The van der Waals surface area contributed by atoms with Gasteiger partial charge >= 0.3 is 0 Å². The Morgan fingerprint density at radius 1 is 1.00 bits per heavy atom. The van der Waals surface area contributed by atoms with Crippen LogP contribution in [0.5, 0.6) is 5.75 Å². The number of sulfonamides is 1. The minimum absolute atomic E-state index is 0.0480. The molecule has 182 valence electrons. The van der Waals surface area contributed by atoms with Crippen LogP contribution in [0.15, 0.2) is 65.6 Å². The summed E-state index contributed by atoms with van der Waals surface area (Å²) in [6.45, 7) is 4.19. The molecule has 1 amide bonds. The second kappa shape index (κ2) is 9.33. The lowest BCUT2D eigenvalue weighted by Crippen LogP contribution is -2.40. The number of nitrogens with zero attached hydrogens (tertiary/aromatic N) is 2. The third kappa shape index (κ3) is 4.16. The van der Waals surface area contributed by atoms with Crippen molar-refractivity contribution in [3.63, 3.8) is 0 Å². The molecule has 4 aromatic rings. The number of aryl methyl sites for hydroxylation is 1. The lowest BCUT2D eigenvalue weighted by atomic mass is 10.1. The first-order valence-corrected chi connectivity index (χ1v) is 13.0. The van der Waals surface area contributed by atoms with E-state index in [4.69, 9.17) is 9.47 Å². The van der Waals surface area contributed by atoms with Crippen LogP contribution >= 0.6 is 0 Å². The van der Waals surface area contributed by atoms with Crippen LogP contribution in [0.25, 0.3) is 21.8 Å². The predicted octanol–water partition coefficient (Wildman–Crippen LogP) is 4.10. The average Bonchev–Trinajstić information content (AvgIpc) is 3.21. The van der Waals surface area contributed by atoms with Crippen LogP contribution in [0, 0.1) is 0 Å². The summed E-state index contributed by atoms with van der Waals surface area (Å²) in [5.74, 6) is -0.147. The number of ether oxygens (including phenoxy) is 2. The first kappa shape index (κ1) is 23.3. The molecular weight excluding hydrogens is 466 g/mol. The van der Waals surface area contributed by atoms with E-state index in [2.05, 4.69) is 28.9 Å². The SMILES string of the molecule is CCn1c2ccccc2c2cc(NC(=O)c3cc(S(=O)(=O)N4CCOCC4)ccc3OC)ccc21. The monoisotopic (exact) mass is 493 g/mol. The zero-order chi connectivity index (χ0) is 24.6. The van der Waals surface area contributed by atoms with Crippen molar-refractivity contribution in [1.82, 2.24) is 8.87 Å². The average molecular weight is 494 g/mol. The highest BCUT2D eigenvalue weighted by molar-refractivity contribution is 7.89. The number of rotatable bonds is 6. The maximum atomic E-state index is 13.3. The topological polar surface area (TPSA) is 89.9 Å². The number of benzene rings is 3. The van der Waals surface area contributed by atoms with Gasteiger partial charge in [-0.25, -0.2) is 8.42 Å². The number of aromatic nitrogens is 1. The Morgan fingerprint density at radius 3 is 2.49 bits per heavy atom. The largest absolute Gasteiger partial charge is 0.496 e. The third-order valence-corrected chi connectivity index (χ3v) is 8.26. The molecule has 2 heterocycles. The Labute approximate surface area is 204 Å². The number of morpholine rings is 1. The zero-order valence-corrected chi connectivity index (χ0v) is 20.5. The fourth-order valence-corrected chi connectivity index (χ4v) is 6.07. The molecule has 0 saturated carbocycles. The Morgan fingerprint density at radius 2 is 1.74 bits per heavy atom. The minimum atomic E-state index is -3.75. The number of carbonyl (C=O) groups excluding carboxylic acids is 1. The molecule has 1 aromatic heterocycles. The van der Waals surface area contributed by atoms with Crippen molar-refractivity contribution in [2.45, 2.75) is 18.4 Å². The fourth-order valence-electron chi connectivity index (χ4n) is 4.63. The number of carbonyl (C=O) groups is 1. The highest BCUT2D eigenvalue weighted by Gasteiger charge is 2.28. The number of hydrogen-bond donors (Lipinski definition) is 1. The van der Waals surface area contributed by atoms with Crippen molar-refractivity contribution in [2.24, 2.45) is 0 Å². The van der Waals surface area contributed by atoms with E-state index in [9.17, 15) is 13.2 Å². The molecule has 0 aliphatic carbocycles. The first-order chi connectivity index (χ1) is 16.9. The van der Waals surface area contributed by atoms with Crippen molar-refractivity contribution >= 4 is 43.4 Å². The van der Waals surface area contributed by atoms with Crippen LogP contribution in [0.4, 0.5) is 5.69 Å². The quantitative estimate of drug-likeness (QED) is 0.437. The number of anilines is 1. The van der Waals surface area contributed by atoms with E-state index in [1.54, 1.807) is 0 Å². The summed E-state index contributed by atoms with van der Waals surface area (Å²) >= 11 is 0. The molecule has 1 saturated heterocycles. The van der Waals surface area contributed by atoms with Crippen LogP contribution in [0.3, 0.4) is 0 Å². The first-order valence-electron chi connectivity index (χ1n) is 11.5. The van der Waals surface area contributed by atoms with Gasteiger partial charge < -0.3 is 19.4 Å². The molecule has 1 fully saturated rings. The van der Waals surface area contributed by atoms with Gasteiger partial charge in [-0.1, -0.05) is 18.2 Å². The molecule has 0 unspecified atom stereocenters. The van der Waals surface area contributed by atoms with Gasteiger partial charge in [0.25, 0.3) is 5.91 Å². The fraction of sp³-hybridized carbons (Fsp3) is 0.269. The second-order valence-corrected chi connectivity index (χ2v) is 10.3. The summed E-state index contributed by atoms with van der Waals surface area (Å²) in [5.41, 5.74) is 2.99. The molecular formula is C26H27N3O5S. The molecule has 0 radical (unpaired) electrons. The molecule has 35 heavy (non-hydrogen) atoms. The van der Waals surface area contributed by atoms with Crippen LogP contribution in [0.2, 0.25) is 0 Å². The van der Waals surface area contributed by atoms with Crippen molar-refractivity contribution in [1.29, 1.82) is 0 Å². The van der Waals surface area contributed by atoms with Gasteiger partial charge in [0.1, 0.15) is 5.75 Å². The Balaban J connectivity index is 1.49. The molecule has 0 atom stereocenters. The van der Waals surface area contributed by atoms with Crippen LogP contribution in [-0.4, -0.2) is 56.6 Å². The molecule has 1 aliphatic heterocycles. The number of hydrogen-bond acceptors (Lipinski definition) is 5. The molecule has 1 aliphatic rings. The number of nitrogens with one attached hydrogen (secondary N) is 1. The maximum absolute atomic E-state index is 13.3. The lowest BCUT2D eigenvalue weighted by Gasteiger charge is -2.26. The van der Waals surface area contributed by atoms with E-state index in [-0.39, 0.29) is 23.5 Å². The summed E-state index contributed by atoms with van der Waals surface area (Å²) in [4.78, 5) is 13.3. The van der Waals surface area contributed by atoms with Gasteiger partial charge in [-0.3, -0.25) is 4.79 Å². The molecule has 8 nitrogen and oxygen atoms in total. The molecule has 1 N–H and O–H groups in total. The van der Waals surface area contributed by atoms with Crippen molar-refractivity contribution < 1.29 is 22.7 Å². The maximum Gasteiger partial charge on any atom is 0.259 e. The molecule has 0 spiro atoms. The summed E-state index contributed by atoms with van der Waals surface area (Å²) in [6, 6.07) is 18.3. The van der Waals surface area contributed by atoms with Gasteiger partial charge in [0.2, 0.25) is 10.0 Å². The Hall–Kier alpha value is -3.40. The van der Waals surface area contributed by atoms with E-state index in [1.165, 1.54) is 29.6 Å². The molecule has 0 bridgehead atoms. The minimum Gasteiger partial charge on any atom is -0.496 e. The highest BCUT2D eigenvalue weighted by atomic mass is 32.2. The summed E-state index contributed by atoms with van der Waals surface area (Å²) < 4.78 is 40.5. The van der Waals surface area contributed by atoms with Gasteiger partial charge in [0.15, 0.2) is 0 Å². The Kier molecular flexibility index (Phi) is 6.22. The number of amides is 1. The van der Waals surface area contributed by atoms with Crippen molar-refractivity contribution in [2.75, 3.05) is 38.7 Å². The van der Waals surface area contributed by atoms with Crippen molar-refractivity contribution in [3.8, 4) is 5.75 Å². The summed E-state index contributed by atoms with van der Waals surface area (Å²) in [5, 5.41) is 5.06. The number of para-hydroxylation sites is 1.